The van der Waals surface area contributed by atoms with Gasteiger partial charge in [-0.3, -0.25) is 0 Å². The van der Waals surface area contributed by atoms with Gasteiger partial charge in [-0.05, 0) is 53.9 Å². The number of aromatic nitrogens is 1. The van der Waals surface area contributed by atoms with Crippen LogP contribution in [0, 0.1) is 0 Å². The SMILES string of the molecule is COc1ccc(C2c3[nH]c4ccccc4c3CCN2C(=O)Nc2cccc(Cl)c2)cc1. The van der Waals surface area contributed by atoms with Crippen LogP contribution in [0.2, 0.25) is 5.02 Å². The minimum atomic E-state index is -0.235. The Morgan fingerprint density at radius 1 is 1.10 bits per heavy atom. The predicted octanol–water partition coefficient (Wildman–Crippen LogP) is 6.01. The van der Waals surface area contributed by atoms with Crippen LogP contribution >= 0.6 is 11.6 Å². The fourth-order valence-corrected chi connectivity index (χ4v) is 4.54. The van der Waals surface area contributed by atoms with E-state index >= 15 is 0 Å². The number of urea groups is 1. The number of para-hydroxylation sites is 1. The number of halogens is 1. The third-order valence-electron chi connectivity index (χ3n) is 5.80. The van der Waals surface area contributed by atoms with Crippen molar-refractivity contribution in [2.24, 2.45) is 0 Å². The van der Waals surface area contributed by atoms with Gasteiger partial charge < -0.3 is 19.9 Å². The number of anilines is 1. The number of rotatable bonds is 3. The number of H-pyrrole nitrogens is 1. The monoisotopic (exact) mass is 431 g/mol. The number of carbonyl (C=O) groups excluding carboxylic acids is 1. The van der Waals surface area contributed by atoms with E-state index in [2.05, 4.69) is 28.5 Å². The predicted molar refractivity (Wildman–Crippen MR) is 124 cm³/mol. The molecule has 0 aliphatic carbocycles. The van der Waals surface area contributed by atoms with Gasteiger partial charge >= 0.3 is 6.03 Å². The molecule has 0 saturated carbocycles. The molecule has 5 rings (SSSR count). The fraction of sp³-hybridized carbons (Fsp3) is 0.160. The summed E-state index contributed by atoms with van der Waals surface area (Å²) in [6.45, 7) is 0.609. The second kappa shape index (κ2) is 8.00. The van der Waals surface area contributed by atoms with Gasteiger partial charge in [-0.1, -0.05) is 48.0 Å². The normalized spacial score (nSPS) is 15.5. The Balaban J connectivity index is 1.57. The molecule has 2 heterocycles. The number of hydrogen-bond acceptors (Lipinski definition) is 2. The zero-order valence-corrected chi connectivity index (χ0v) is 17.8. The van der Waals surface area contributed by atoms with Crippen LogP contribution in [0.3, 0.4) is 0 Å². The highest BCUT2D eigenvalue weighted by Gasteiger charge is 2.34. The maximum Gasteiger partial charge on any atom is 0.322 e. The van der Waals surface area contributed by atoms with Crippen LogP contribution in [0.25, 0.3) is 10.9 Å². The first kappa shape index (κ1) is 19.5. The maximum atomic E-state index is 13.3. The summed E-state index contributed by atoms with van der Waals surface area (Å²) >= 11 is 6.10. The lowest BCUT2D eigenvalue weighted by Gasteiger charge is -2.36. The van der Waals surface area contributed by atoms with E-state index < -0.39 is 0 Å². The average Bonchev–Trinajstić information content (AvgIpc) is 3.17. The zero-order chi connectivity index (χ0) is 21.4. The van der Waals surface area contributed by atoms with Crippen molar-refractivity contribution in [2.75, 3.05) is 19.0 Å². The number of fused-ring (bicyclic) bond motifs is 3. The van der Waals surface area contributed by atoms with Crippen molar-refractivity contribution in [3.05, 3.63) is 94.6 Å². The van der Waals surface area contributed by atoms with Crippen molar-refractivity contribution >= 4 is 34.2 Å². The summed E-state index contributed by atoms with van der Waals surface area (Å²) in [5, 5.41) is 4.80. The summed E-state index contributed by atoms with van der Waals surface area (Å²) in [7, 11) is 1.65. The summed E-state index contributed by atoms with van der Waals surface area (Å²) < 4.78 is 5.33. The molecule has 3 aromatic carbocycles. The molecule has 6 heteroatoms. The number of nitrogens with one attached hydrogen (secondary N) is 2. The molecule has 2 amide bonds. The summed E-state index contributed by atoms with van der Waals surface area (Å²) in [6.07, 6.45) is 0.787. The summed E-state index contributed by atoms with van der Waals surface area (Å²) in [5.41, 5.74) is 5.10. The molecule has 2 N–H and O–H groups in total. The number of nitrogens with zero attached hydrogens (tertiary/aromatic N) is 1. The van der Waals surface area contributed by atoms with E-state index in [9.17, 15) is 4.79 Å². The van der Waals surface area contributed by atoms with Crippen molar-refractivity contribution in [1.82, 2.24) is 9.88 Å². The summed E-state index contributed by atoms with van der Waals surface area (Å²) in [4.78, 5) is 18.8. The van der Waals surface area contributed by atoms with E-state index in [0.717, 1.165) is 28.9 Å². The first-order chi connectivity index (χ1) is 15.1. The molecule has 1 aliphatic rings. The average molecular weight is 432 g/mol. The van der Waals surface area contributed by atoms with E-state index in [1.165, 1.54) is 10.9 Å². The third-order valence-corrected chi connectivity index (χ3v) is 6.04. The number of benzene rings is 3. The van der Waals surface area contributed by atoms with Gasteiger partial charge in [-0.25, -0.2) is 4.79 Å². The van der Waals surface area contributed by atoms with E-state index in [1.807, 2.05) is 47.4 Å². The van der Waals surface area contributed by atoms with Gasteiger partial charge in [0.2, 0.25) is 0 Å². The molecule has 4 aromatic rings. The molecule has 0 radical (unpaired) electrons. The number of aromatic amines is 1. The first-order valence-corrected chi connectivity index (χ1v) is 10.6. The van der Waals surface area contributed by atoms with Gasteiger partial charge in [0.05, 0.1) is 13.2 Å². The molecule has 0 saturated heterocycles. The van der Waals surface area contributed by atoms with Crippen LogP contribution in [0.5, 0.6) is 5.75 Å². The molecular weight excluding hydrogens is 410 g/mol. The van der Waals surface area contributed by atoms with Crippen molar-refractivity contribution in [1.29, 1.82) is 0 Å². The molecule has 31 heavy (non-hydrogen) atoms. The Morgan fingerprint density at radius 3 is 2.68 bits per heavy atom. The van der Waals surface area contributed by atoms with Crippen molar-refractivity contribution < 1.29 is 9.53 Å². The second-order valence-corrected chi connectivity index (χ2v) is 8.06. The Bertz CT molecular complexity index is 1250. The topological polar surface area (TPSA) is 57.4 Å². The van der Waals surface area contributed by atoms with Gasteiger partial charge in [0.1, 0.15) is 5.75 Å². The van der Waals surface area contributed by atoms with E-state index in [4.69, 9.17) is 16.3 Å². The van der Waals surface area contributed by atoms with E-state index in [1.54, 1.807) is 19.2 Å². The minimum absolute atomic E-state index is 0.160. The lowest BCUT2D eigenvalue weighted by molar-refractivity contribution is 0.193. The second-order valence-electron chi connectivity index (χ2n) is 7.62. The van der Waals surface area contributed by atoms with Gasteiger partial charge in [0, 0.05) is 33.9 Å². The highest BCUT2D eigenvalue weighted by atomic mass is 35.5. The minimum Gasteiger partial charge on any atom is -0.497 e. The van der Waals surface area contributed by atoms with Gasteiger partial charge in [0.15, 0.2) is 0 Å². The Morgan fingerprint density at radius 2 is 1.90 bits per heavy atom. The number of ether oxygens (including phenoxy) is 1. The molecule has 1 atom stereocenters. The number of carbonyl (C=O) groups is 1. The van der Waals surface area contributed by atoms with Crippen LogP contribution in [-0.4, -0.2) is 29.6 Å². The molecular formula is C25H22ClN3O2. The van der Waals surface area contributed by atoms with Crippen LogP contribution in [-0.2, 0) is 6.42 Å². The van der Waals surface area contributed by atoms with Crippen LogP contribution in [0.4, 0.5) is 10.5 Å². The smallest absolute Gasteiger partial charge is 0.322 e. The van der Waals surface area contributed by atoms with Crippen LogP contribution < -0.4 is 10.1 Å². The van der Waals surface area contributed by atoms with Crippen molar-refractivity contribution in [3.63, 3.8) is 0 Å². The Hall–Kier alpha value is -3.44. The lowest BCUT2D eigenvalue weighted by atomic mass is 9.92. The quantitative estimate of drug-likeness (QED) is 0.417. The number of amides is 2. The van der Waals surface area contributed by atoms with Crippen LogP contribution in [0.15, 0.2) is 72.8 Å². The highest BCUT2D eigenvalue weighted by molar-refractivity contribution is 6.30. The van der Waals surface area contributed by atoms with Crippen LogP contribution in [0.1, 0.15) is 22.9 Å². The summed E-state index contributed by atoms with van der Waals surface area (Å²) in [5.74, 6) is 0.784. The van der Waals surface area contributed by atoms with Gasteiger partial charge in [-0.15, -0.1) is 0 Å². The standard InChI is InChI=1S/C25H22ClN3O2/c1-31-19-11-9-16(10-12-19)24-23-21(20-7-2-3-8-22(20)28-23)13-14-29(24)25(30)27-18-6-4-5-17(26)15-18/h2-12,15,24,28H,13-14H2,1H3,(H,27,30). The first-order valence-electron chi connectivity index (χ1n) is 10.2. The lowest BCUT2D eigenvalue weighted by Crippen LogP contribution is -2.43. The van der Waals surface area contributed by atoms with E-state index in [0.29, 0.717) is 17.3 Å². The third kappa shape index (κ3) is 3.62. The largest absolute Gasteiger partial charge is 0.497 e. The molecule has 1 unspecified atom stereocenters. The molecule has 1 aliphatic heterocycles. The molecule has 0 fully saturated rings. The van der Waals surface area contributed by atoms with Crippen molar-refractivity contribution in [2.45, 2.75) is 12.5 Å². The highest BCUT2D eigenvalue weighted by Crippen LogP contribution is 2.39. The van der Waals surface area contributed by atoms with Gasteiger partial charge in [0.25, 0.3) is 0 Å². The number of methoxy groups -OCH3 is 1. The molecule has 156 valence electrons. The molecule has 1 aromatic heterocycles. The maximum absolute atomic E-state index is 13.3. The number of hydrogen-bond donors (Lipinski definition) is 2. The molecule has 0 bridgehead atoms. The fourth-order valence-electron chi connectivity index (χ4n) is 4.35. The van der Waals surface area contributed by atoms with E-state index in [-0.39, 0.29) is 12.1 Å². The van der Waals surface area contributed by atoms with Crippen molar-refractivity contribution in [3.8, 4) is 5.75 Å². The zero-order valence-electron chi connectivity index (χ0n) is 17.1. The molecule has 5 nitrogen and oxygen atoms in total. The van der Waals surface area contributed by atoms with Gasteiger partial charge in [-0.2, -0.15) is 0 Å². The summed E-state index contributed by atoms with van der Waals surface area (Å²) in [6, 6.07) is 23.0. The molecule has 0 spiro atoms. The Kier molecular flexibility index (Phi) is 5.04. The Labute approximate surface area is 185 Å².